The fraction of sp³-hybridized carbons (Fsp3) is 0.688. The van der Waals surface area contributed by atoms with Crippen LogP contribution in [-0.2, 0) is 20.9 Å². The van der Waals surface area contributed by atoms with Crippen molar-refractivity contribution in [2.75, 3.05) is 6.61 Å². The fourth-order valence-corrected chi connectivity index (χ4v) is 3.29. The molecule has 0 radical (unpaired) electrons. The van der Waals surface area contributed by atoms with Gasteiger partial charge >= 0.3 is 5.97 Å². The van der Waals surface area contributed by atoms with Gasteiger partial charge in [-0.2, -0.15) is 5.10 Å². The summed E-state index contributed by atoms with van der Waals surface area (Å²) in [5.74, 6) is -1.39. The first kappa shape index (κ1) is 17.5. The predicted octanol–water partition coefficient (Wildman–Crippen LogP) is 1.27. The number of hydrogen-bond donors (Lipinski definition) is 2. The maximum absolute atomic E-state index is 12.4. The number of amides is 1. The van der Waals surface area contributed by atoms with E-state index in [4.69, 9.17) is 4.74 Å². The number of nitrogens with zero attached hydrogens (tertiary/aromatic N) is 2. The van der Waals surface area contributed by atoms with Crippen LogP contribution in [0.1, 0.15) is 38.6 Å². The lowest BCUT2D eigenvalue weighted by molar-refractivity contribution is -0.194. The van der Waals surface area contributed by atoms with E-state index in [-0.39, 0.29) is 25.0 Å². The highest BCUT2D eigenvalue weighted by Gasteiger charge is 2.66. The number of ether oxygens (including phenoxy) is 1. The average Bonchev–Trinajstić information content (AvgIpc) is 2.74. The zero-order valence-electron chi connectivity index (χ0n) is 14.3. The van der Waals surface area contributed by atoms with E-state index in [1.807, 2.05) is 40.7 Å². The summed E-state index contributed by atoms with van der Waals surface area (Å²) >= 11 is 0. The van der Waals surface area contributed by atoms with Crippen molar-refractivity contribution in [3.05, 3.63) is 17.5 Å². The number of carbonyl (C=O) groups excluding carboxylic acids is 1. The zero-order valence-corrected chi connectivity index (χ0v) is 14.3. The molecule has 0 saturated heterocycles. The summed E-state index contributed by atoms with van der Waals surface area (Å²) in [6.45, 7) is 9.73. The van der Waals surface area contributed by atoms with Gasteiger partial charge in [0, 0.05) is 24.1 Å². The van der Waals surface area contributed by atoms with Crippen molar-refractivity contribution in [1.82, 2.24) is 15.1 Å². The second-order valence-electron chi connectivity index (χ2n) is 6.71. The normalized spacial score (nSPS) is 25.7. The Morgan fingerprint density at radius 2 is 2.13 bits per heavy atom. The van der Waals surface area contributed by atoms with Crippen molar-refractivity contribution in [3.63, 3.8) is 0 Å². The number of aromatic nitrogens is 2. The van der Waals surface area contributed by atoms with Crippen LogP contribution in [0.5, 0.6) is 0 Å². The highest BCUT2D eigenvalue weighted by atomic mass is 16.5. The number of hydrogen-bond acceptors (Lipinski definition) is 4. The van der Waals surface area contributed by atoms with Gasteiger partial charge in [0.2, 0.25) is 5.91 Å². The van der Waals surface area contributed by atoms with E-state index in [1.165, 1.54) is 0 Å². The third-order valence-corrected chi connectivity index (χ3v) is 4.88. The van der Waals surface area contributed by atoms with Crippen LogP contribution in [0.2, 0.25) is 0 Å². The Balaban J connectivity index is 2.13. The molecule has 1 aromatic rings. The molecule has 1 aromatic heterocycles. The summed E-state index contributed by atoms with van der Waals surface area (Å²) in [4.78, 5) is 24.2. The largest absolute Gasteiger partial charge is 0.479 e. The number of rotatable bonds is 6. The Hall–Kier alpha value is -1.89. The van der Waals surface area contributed by atoms with Gasteiger partial charge in [-0.15, -0.1) is 0 Å². The quantitative estimate of drug-likeness (QED) is 0.822. The van der Waals surface area contributed by atoms with E-state index in [1.54, 1.807) is 4.68 Å². The molecular weight excluding hydrogens is 298 g/mol. The standard InChI is InChI=1S/C16H25N3O4/c1-6-23-12-8-16(14(21)22,15(12,4)5)17-13(20)9-19-11(3)7-10(2)18-19/h7,12H,6,8-9H2,1-5H3,(H,17,20)(H,21,22). The number of carboxylic acids is 1. The van der Waals surface area contributed by atoms with Crippen LogP contribution in [0, 0.1) is 19.3 Å². The lowest BCUT2D eigenvalue weighted by Gasteiger charge is -2.58. The number of aliphatic carboxylic acids is 1. The summed E-state index contributed by atoms with van der Waals surface area (Å²) in [6.07, 6.45) is 0.0871. The summed E-state index contributed by atoms with van der Waals surface area (Å²) in [5.41, 5.74) is -0.301. The Kier molecular flexibility index (Phi) is 4.52. The highest BCUT2D eigenvalue weighted by molar-refractivity contribution is 5.89. The van der Waals surface area contributed by atoms with E-state index in [9.17, 15) is 14.7 Å². The molecule has 1 fully saturated rings. The van der Waals surface area contributed by atoms with Gasteiger partial charge in [-0.1, -0.05) is 13.8 Å². The molecule has 23 heavy (non-hydrogen) atoms. The number of carbonyl (C=O) groups is 2. The van der Waals surface area contributed by atoms with Gasteiger partial charge in [-0.25, -0.2) is 4.79 Å². The predicted molar refractivity (Wildman–Crippen MR) is 84.0 cm³/mol. The van der Waals surface area contributed by atoms with Gasteiger partial charge in [0.25, 0.3) is 0 Å². The van der Waals surface area contributed by atoms with E-state index < -0.39 is 16.9 Å². The lowest BCUT2D eigenvalue weighted by Crippen LogP contribution is -2.76. The summed E-state index contributed by atoms with van der Waals surface area (Å²) < 4.78 is 7.16. The first-order valence-corrected chi connectivity index (χ1v) is 7.81. The van der Waals surface area contributed by atoms with Gasteiger partial charge < -0.3 is 15.2 Å². The molecule has 1 aliphatic carbocycles. The van der Waals surface area contributed by atoms with Crippen molar-refractivity contribution in [1.29, 1.82) is 0 Å². The first-order valence-electron chi connectivity index (χ1n) is 7.81. The molecule has 0 aliphatic heterocycles. The molecule has 2 atom stereocenters. The van der Waals surface area contributed by atoms with E-state index >= 15 is 0 Å². The summed E-state index contributed by atoms with van der Waals surface area (Å²) in [5, 5.41) is 16.6. The number of nitrogens with one attached hydrogen (secondary N) is 1. The summed E-state index contributed by atoms with van der Waals surface area (Å²) in [7, 11) is 0. The molecule has 2 unspecified atom stereocenters. The molecule has 0 bridgehead atoms. The molecule has 1 saturated carbocycles. The molecule has 1 amide bonds. The van der Waals surface area contributed by atoms with Gasteiger partial charge in [-0.3, -0.25) is 9.48 Å². The molecular formula is C16H25N3O4. The van der Waals surface area contributed by atoms with Crippen LogP contribution in [0.3, 0.4) is 0 Å². The maximum Gasteiger partial charge on any atom is 0.330 e. The zero-order chi connectivity index (χ0) is 17.4. The van der Waals surface area contributed by atoms with Crippen LogP contribution in [0.15, 0.2) is 6.07 Å². The molecule has 0 aromatic carbocycles. The molecule has 128 valence electrons. The lowest BCUT2D eigenvalue weighted by atomic mass is 9.54. The average molecular weight is 323 g/mol. The smallest absolute Gasteiger partial charge is 0.330 e. The van der Waals surface area contributed by atoms with Crippen LogP contribution in [0.25, 0.3) is 0 Å². The first-order chi connectivity index (χ1) is 10.6. The Labute approximate surface area is 136 Å². The summed E-state index contributed by atoms with van der Waals surface area (Å²) in [6, 6.07) is 1.87. The van der Waals surface area contributed by atoms with Crippen LogP contribution >= 0.6 is 0 Å². The molecule has 2 N–H and O–H groups in total. The number of aryl methyl sites for hydroxylation is 2. The third kappa shape index (κ3) is 2.85. The number of carboxylic acid groups (broad SMARTS) is 1. The van der Waals surface area contributed by atoms with Gasteiger partial charge in [0.05, 0.1) is 11.8 Å². The Morgan fingerprint density at radius 1 is 1.48 bits per heavy atom. The van der Waals surface area contributed by atoms with Crippen LogP contribution < -0.4 is 5.32 Å². The van der Waals surface area contributed by atoms with E-state index in [0.717, 1.165) is 11.4 Å². The van der Waals surface area contributed by atoms with Crippen LogP contribution in [-0.4, -0.2) is 45.0 Å². The minimum atomic E-state index is -1.31. The van der Waals surface area contributed by atoms with Crippen molar-refractivity contribution >= 4 is 11.9 Å². The van der Waals surface area contributed by atoms with Crippen molar-refractivity contribution in [2.45, 2.75) is 59.2 Å². The molecule has 0 spiro atoms. The Morgan fingerprint density at radius 3 is 2.57 bits per heavy atom. The second kappa shape index (κ2) is 5.96. The van der Waals surface area contributed by atoms with Crippen molar-refractivity contribution in [3.8, 4) is 0 Å². The van der Waals surface area contributed by atoms with Crippen molar-refractivity contribution < 1.29 is 19.4 Å². The topological polar surface area (TPSA) is 93.5 Å². The Bertz CT molecular complexity index is 623. The van der Waals surface area contributed by atoms with Crippen molar-refractivity contribution in [2.24, 2.45) is 5.41 Å². The molecule has 1 heterocycles. The SMILES string of the molecule is CCOC1CC(NC(=O)Cn2nc(C)cc2C)(C(=O)O)C1(C)C. The molecule has 2 rings (SSSR count). The molecule has 1 aliphatic rings. The molecule has 7 heteroatoms. The minimum absolute atomic E-state index is 0.00405. The van der Waals surface area contributed by atoms with Crippen LogP contribution in [0.4, 0.5) is 0 Å². The second-order valence-corrected chi connectivity index (χ2v) is 6.71. The monoisotopic (exact) mass is 323 g/mol. The molecule has 7 nitrogen and oxygen atoms in total. The van der Waals surface area contributed by atoms with Gasteiger partial charge in [0.1, 0.15) is 12.1 Å². The van der Waals surface area contributed by atoms with E-state index in [0.29, 0.717) is 6.61 Å². The van der Waals surface area contributed by atoms with Gasteiger partial charge in [0.15, 0.2) is 0 Å². The fourth-order valence-electron chi connectivity index (χ4n) is 3.29. The maximum atomic E-state index is 12.4. The van der Waals surface area contributed by atoms with E-state index in [2.05, 4.69) is 10.4 Å². The van der Waals surface area contributed by atoms with Gasteiger partial charge in [-0.05, 0) is 26.8 Å². The highest BCUT2D eigenvalue weighted by Crippen LogP contribution is 2.51. The minimum Gasteiger partial charge on any atom is -0.479 e. The third-order valence-electron chi connectivity index (χ3n) is 4.88.